The lowest BCUT2D eigenvalue weighted by atomic mass is 9.96. The highest BCUT2D eigenvalue weighted by molar-refractivity contribution is 5.99. The predicted molar refractivity (Wildman–Crippen MR) is 316 cm³/mol. The summed E-state index contributed by atoms with van der Waals surface area (Å²) in [5.41, 5.74) is 29.9. The molecule has 1 aromatic carbocycles. The van der Waals surface area contributed by atoms with Crippen molar-refractivity contribution in [1.82, 2.24) is 58.5 Å². The average Bonchev–Trinajstić information content (AvgIpc) is 3.69. The van der Waals surface area contributed by atoms with E-state index in [2.05, 4.69) is 72.3 Å². The van der Waals surface area contributed by atoms with Crippen LogP contribution in [0.25, 0.3) is 0 Å². The molecule has 0 radical (unpaired) electrons. The molecule has 0 bridgehead atoms. The largest absolute Gasteiger partial charge is 0.391 e. The number of nitrogens with one attached hydrogen (secondary N) is 11. The number of unbranched alkanes of at least 4 members (excludes halogenated alkanes) is 1. The molecule has 2 rings (SSSR count). The van der Waals surface area contributed by atoms with Crippen molar-refractivity contribution in [3.05, 3.63) is 35.9 Å². The van der Waals surface area contributed by atoms with Crippen molar-refractivity contribution in [3.63, 3.8) is 0 Å². The Labute approximate surface area is 498 Å². The molecule has 0 unspecified atom stereocenters. The topological polar surface area (TPSA) is 491 Å². The minimum absolute atomic E-state index is 0.0173. The average molecular weight is 1200 g/mol. The minimum atomic E-state index is -1.70. The molecule has 1 aromatic rings. The van der Waals surface area contributed by atoms with E-state index in [1.165, 1.54) is 13.8 Å². The van der Waals surface area contributed by atoms with Gasteiger partial charge >= 0.3 is 0 Å². The van der Waals surface area contributed by atoms with Crippen LogP contribution in [0.2, 0.25) is 0 Å². The highest BCUT2D eigenvalue weighted by Gasteiger charge is 2.38. The lowest BCUT2D eigenvalue weighted by Crippen LogP contribution is -2.62. The maximum Gasteiger partial charge on any atom is 0.245 e. The molecule has 29 heteroatoms. The van der Waals surface area contributed by atoms with E-state index in [0.717, 1.165) is 19.3 Å². The first-order chi connectivity index (χ1) is 40.4. The Balaban J connectivity index is 2.68. The van der Waals surface area contributed by atoms with Gasteiger partial charge in [0, 0.05) is 19.4 Å². The number of nitrogens with two attached hydrogens (primary N) is 5. The van der Waals surface area contributed by atoms with Crippen LogP contribution in [0, 0.1) is 11.8 Å². The molecule has 0 spiro atoms. The van der Waals surface area contributed by atoms with E-state index < -0.39 is 156 Å². The lowest BCUT2D eigenvalue weighted by Gasteiger charge is -2.30. The molecular formula is C56H98N16O13. The highest BCUT2D eigenvalue weighted by atomic mass is 16.3. The Kier molecular flexibility index (Phi) is 34.6. The van der Waals surface area contributed by atoms with Gasteiger partial charge in [-0.2, -0.15) is 0 Å². The van der Waals surface area contributed by atoms with E-state index in [9.17, 15) is 63.0 Å². The molecule has 0 aliphatic carbocycles. The summed E-state index contributed by atoms with van der Waals surface area (Å²) in [5, 5.41) is 49.7. The van der Waals surface area contributed by atoms with Crippen LogP contribution in [-0.4, -0.2) is 187 Å². The molecule has 23 N–H and O–H groups in total. The minimum Gasteiger partial charge on any atom is -0.391 e. The summed E-state index contributed by atoms with van der Waals surface area (Å²) in [6.45, 7) is 8.87. The van der Waals surface area contributed by atoms with Crippen LogP contribution >= 0.6 is 0 Å². The molecule has 1 aliphatic heterocycles. The number of hydrogen-bond acceptors (Lipinski definition) is 18. The van der Waals surface area contributed by atoms with E-state index >= 15 is 0 Å². The Hall–Kier alpha value is -6.89. The van der Waals surface area contributed by atoms with E-state index in [4.69, 9.17) is 28.7 Å². The van der Waals surface area contributed by atoms with Crippen LogP contribution in [0.5, 0.6) is 0 Å². The van der Waals surface area contributed by atoms with E-state index in [1.807, 2.05) is 0 Å². The Morgan fingerprint density at radius 3 is 1.58 bits per heavy atom. The number of carbonyl (C=O) groups is 11. The quantitative estimate of drug-likeness (QED) is 0.0333. The monoisotopic (exact) mass is 1200 g/mol. The molecule has 0 aromatic heterocycles. The molecule has 14 atom stereocenters. The molecule has 1 saturated heterocycles. The van der Waals surface area contributed by atoms with E-state index in [-0.39, 0.29) is 77.7 Å². The second-order valence-corrected chi connectivity index (χ2v) is 21.7. The van der Waals surface area contributed by atoms with Crippen molar-refractivity contribution in [2.75, 3.05) is 39.3 Å². The lowest BCUT2D eigenvalue weighted by molar-refractivity contribution is -0.137. The van der Waals surface area contributed by atoms with Gasteiger partial charge in [-0.25, -0.2) is 0 Å². The van der Waals surface area contributed by atoms with Crippen LogP contribution in [0.3, 0.4) is 0 Å². The SMILES string of the molecule is CC[C@H](C)CCCCC(=O)N[C@@H](CCN)C(=O)N[C@H](C(=O)N[C@@H](CCN)C(=O)N[C@H]1CCNC(=O)[C@H]([C@@H](C)O)NC(=O)[C@H](CCN)NC(=O)[C@H](CCN)NC(=O)[C@H]([C@@H](C)CC)NC(=O)[C@@H](Cc2ccccc2)NC(=O)[C@H](CCN)NC1=O)[C@@H](C)O. The van der Waals surface area contributed by atoms with Crippen LogP contribution in [0.15, 0.2) is 30.3 Å². The number of amides is 11. The number of carbonyl (C=O) groups excluding carboxylic acids is 11. The van der Waals surface area contributed by atoms with E-state index in [1.54, 1.807) is 44.2 Å². The third-order valence-electron chi connectivity index (χ3n) is 14.7. The molecule has 480 valence electrons. The Morgan fingerprint density at radius 1 is 0.553 bits per heavy atom. The van der Waals surface area contributed by atoms with Gasteiger partial charge in [0.05, 0.1) is 12.2 Å². The first kappa shape index (κ1) is 74.2. The second-order valence-electron chi connectivity index (χ2n) is 21.7. The zero-order valence-corrected chi connectivity index (χ0v) is 50.2. The molecule has 1 aliphatic rings. The number of aliphatic hydroxyl groups is 2. The van der Waals surface area contributed by atoms with Crippen LogP contribution in [-0.2, 0) is 59.2 Å². The van der Waals surface area contributed by atoms with Gasteiger partial charge in [0.1, 0.15) is 60.4 Å². The summed E-state index contributed by atoms with van der Waals surface area (Å²) < 4.78 is 0. The molecule has 85 heavy (non-hydrogen) atoms. The maximum absolute atomic E-state index is 14.5. The van der Waals surface area contributed by atoms with E-state index in [0.29, 0.717) is 24.3 Å². The van der Waals surface area contributed by atoms with Gasteiger partial charge in [-0.1, -0.05) is 83.7 Å². The van der Waals surface area contributed by atoms with Gasteiger partial charge in [-0.15, -0.1) is 0 Å². The maximum atomic E-state index is 14.5. The fourth-order valence-electron chi connectivity index (χ4n) is 9.09. The fraction of sp³-hybridized carbons (Fsp3) is 0.696. The van der Waals surface area contributed by atoms with Crippen molar-refractivity contribution < 1.29 is 63.0 Å². The van der Waals surface area contributed by atoms with Crippen molar-refractivity contribution in [1.29, 1.82) is 0 Å². The molecule has 29 nitrogen and oxygen atoms in total. The molecule has 11 amide bonds. The summed E-state index contributed by atoms with van der Waals surface area (Å²) >= 11 is 0. The van der Waals surface area contributed by atoms with Crippen molar-refractivity contribution >= 4 is 65.0 Å². The first-order valence-corrected chi connectivity index (χ1v) is 29.6. The third kappa shape index (κ3) is 26.1. The summed E-state index contributed by atoms with van der Waals surface area (Å²) in [6, 6.07) is -6.25. The van der Waals surface area contributed by atoms with Gasteiger partial charge in [0.2, 0.25) is 65.0 Å². The van der Waals surface area contributed by atoms with Gasteiger partial charge in [0.25, 0.3) is 0 Å². The number of aliphatic hydroxyl groups excluding tert-OH is 2. The smallest absolute Gasteiger partial charge is 0.245 e. The van der Waals surface area contributed by atoms with Crippen molar-refractivity contribution in [2.24, 2.45) is 40.5 Å². The Morgan fingerprint density at radius 2 is 1.06 bits per heavy atom. The zero-order chi connectivity index (χ0) is 63.8. The molecule has 1 heterocycles. The molecular weight excluding hydrogens is 1100 g/mol. The predicted octanol–water partition coefficient (Wildman–Crippen LogP) is -5.24. The van der Waals surface area contributed by atoms with Crippen LogP contribution in [0.1, 0.15) is 124 Å². The van der Waals surface area contributed by atoms with Crippen molar-refractivity contribution in [2.45, 2.75) is 198 Å². The summed E-state index contributed by atoms with van der Waals surface area (Å²) in [6.07, 6.45) is -0.756. The van der Waals surface area contributed by atoms with Crippen LogP contribution in [0.4, 0.5) is 0 Å². The highest BCUT2D eigenvalue weighted by Crippen LogP contribution is 2.14. The second kappa shape index (κ2) is 39.7. The fourth-order valence-corrected chi connectivity index (χ4v) is 9.09. The van der Waals surface area contributed by atoms with Gasteiger partial charge in [-0.05, 0) is 109 Å². The summed E-state index contributed by atoms with van der Waals surface area (Å²) in [5.74, 6) is -9.81. The third-order valence-corrected chi connectivity index (χ3v) is 14.7. The molecule has 1 fully saturated rings. The van der Waals surface area contributed by atoms with Gasteiger partial charge in [-0.3, -0.25) is 52.7 Å². The van der Waals surface area contributed by atoms with Crippen LogP contribution < -0.4 is 87.2 Å². The zero-order valence-electron chi connectivity index (χ0n) is 50.2. The number of benzene rings is 1. The summed E-state index contributed by atoms with van der Waals surface area (Å²) in [4.78, 5) is 154. The van der Waals surface area contributed by atoms with Crippen molar-refractivity contribution in [3.8, 4) is 0 Å². The first-order valence-electron chi connectivity index (χ1n) is 29.6. The molecule has 0 saturated carbocycles. The standard InChI is InChI=1S/C56H98N16O13/c1-7-31(3)14-12-13-17-43(75)63-36(18-24-57)51(80)72-46(34(6)74)56(85)68-39(21-27-60)48(77)66-41-23-29-62-54(83)45(33(5)73)71-52(81)40(22-28-61)65-47(76)38(20-26-59)67-55(84)44(32(4)8-2)70-53(82)42(30-35-15-10-9-11-16-35)69-49(78)37(19-25-58)64-50(41)79/h9-11,15-16,31-34,36-42,44-46,73-74H,7-8,12-14,17-30,57-61H2,1-6H3,(H,62,83)(H,63,75)(H,64,79)(H,65,76)(H,66,77)(H,67,84)(H,68,85)(H,69,78)(H,70,82)(H,71,81)(H,72,80)/t31-,32-,33+,34+,36-,37-,38-,39-,40-,41-,42+,44-,45-,46-/m0/s1. The number of hydrogen-bond donors (Lipinski definition) is 18. The summed E-state index contributed by atoms with van der Waals surface area (Å²) in [7, 11) is 0. The Bertz CT molecular complexity index is 2320. The number of rotatable bonds is 29. The normalized spacial score (nSPS) is 23.2. The van der Waals surface area contributed by atoms with Gasteiger partial charge < -0.3 is 97.4 Å². The van der Waals surface area contributed by atoms with Gasteiger partial charge in [0.15, 0.2) is 0 Å².